The van der Waals surface area contributed by atoms with Gasteiger partial charge in [0.2, 0.25) is 0 Å². The zero-order chi connectivity index (χ0) is 21.2. The van der Waals surface area contributed by atoms with Crippen LogP contribution in [0.1, 0.15) is 19.3 Å². The number of hydrogen-bond donors (Lipinski definition) is 0. The maximum absolute atomic E-state index is 6.38. The third kappa shape index (κ3) is 4.50. The van der Waals surface area contributed by atoms with Crippen molar-refractivity contribution in [2.75, 3.05) is 19.6 Å². The van der Waals surface area contributed by atoms with E-state index in [0.29, 0.717) is 0 Å². The van der Waals surface area contributed by atoms with Crippen molar-refractivity contribution in [1.29, 1.82) is 0 Å². The van der Waals surface area contributed by atoms with E-state index in [2.05, 4.69) is 44.9 Å². The van der Waals surface area contributed by atoms with Gasteiger partial charge in [-0.15, -0.1) is 0 Å². The second kappa shape index (κ2) is 9.04. The number of piperidine rings is 1. The molecule has 0 N–H and O–H groups in total. The highest BCUT2D eigenvalue weighted by Gasteiger charge is 2.14. The molecule has 2 aromatic carbocycles. The standard InChI is InChI=1S/C26H25Cl2N3/c27-22-6-4-5-19(14-22)20-13-21(17-29-16-20)25-18-31(12-11-30-9-2-1-3-10-30)26-8-7-23(28)15-24(25)26/h4-8,13-18H,1-3,9-12H2. The molecule has 0 spiro atoms. The van der Waals surface area contributed by atoms with Gasteiger partial charge in [0.05, 0.1) is 0 Å². The van der Waals surface area contributed by atoms with Crippen molar-refractivity contribution in [1.82, 2.24) is 14.5 Å². The minimum Gasteiger partial charge on any atom is -0.346 e. The molecule has 0 saturated carbocycles. The Morgan fingerprint density at radius 2 is 1.58 bits per heavy atom. The van der Waals surface area contributed by atoms with Crippen molar-refractivity contribution in [3.63, 3.8) is 0 Å². The van der Waals surface area contributed by atoms with Crippen molar-refractivity contribution in [2.45, 2.75) is 25.8 Å². The monoisotopic (exact) mass is 449 g/mol. The van der Waals surface area contributed by atoms with Crippen LogP contribution in [-0.4, -0.2) is 34.1 Å². The van der Waals surface area contributed by atoms with E-state index in [1.54, 1.807) is 0 Å². The summed E-state index contributed by atoms with van der Waals surface area (Å²) in [5.74, 6) is 0. The smallest absolute Gasteiger partial charge is 0.0488 e. The van der Waals surface area contributed by atoms with E-state index >= 15 is 0 Å². The van der Waals surface area contributed by atoms with Crippen molar-refractivity contribution in [3.05, 3.63) is 77.2 Å². The number of benzene rings is 2. The normalized spacial score (nSPS) is 14.9. The van der Waals surface area contributed by atoms with Gasteiger partial charge in [0, 0.05) is 69.3 Å². The minimum atomic E-state index is 0.726. The van der Waals surface area contributed by atoms with Crippen molar-refractivity contribution in [3.8, 4) is 22.3 Å². The van der Waals surface area contributed by atoms with Crippen molar-refractivity contribution in [2.24, 2.45) is 0 Å². The summed E-state index contributed by atoms with van der Waals surface area (Å²) in [5.41, 5.74) is 5.57. The van der Waals surface area contributed by atoms with Crippen LogP contribution >= 0.6 is 23.2 Å². The number of pyridine rings is 1. The number of aromatic nitrogens is 2. The molecule has 1 aliphatic heterocycles. The molecule has 0 unspecified atom stereocenters. The molecule has 3 heterocycles. The van der Waals surface area contributed by atoms with E-state index in [1.807, 2.05) is 36.7 Å². The van der Waals surface area contributed by atoms with Crippen LogP contribution in [0.25, 0.3) is 33.2 Å². The number of nitrogens with zero attached hydrogens (tertiary/aromatic N) is 3. The van der Waals surface area contributed by atoms with E-state index in [0.717, 1.165) is 50.8 Å². The lowest BCUT2D eigenvalue weighted by atomic mass is 10.0. The molecule has 1 fully saturated rings. The van der Waals surface area contributed by atoms with Gasteiger partial charge in [0.15, 0.2) is 0 Å². The lowest BCUT2D eigenvalue weighted by molar-refractivity contribution is 0.222. The molecule has 0 amide bonds. The summed E-state index contributed by atoms with van der Waals surface area (Å²) in [6.07, 6.45) is 10.1. The van der Waals surface area contributed by atoms with E-state index in [1.165, 1.54) is 37.9 Å². The van der Waals surface area contributed by atoms with Gasteiger partial charge in [-0.3, -0.25) is 4.98 Å². The lowest BCUT2D eigenvalue weighted by Gasteiger charge is -2.26. The molecular weight excluding hydrogens is 425 g/mol. The van der Waals surface area contributed by atoms with Crippen LogP contribution in [0.3, 0.4) is 0 Å². The molecule has 1 aliphatic rings. The first-order valence-corrected chi connectivity index (χ1v) is 11.6. The quantitative estimate of drug-likeness (QED) is 0.322. The molecular formula is C26H25Cl2N3. The average molecular weight is 450 g/mol. The highest BCUT2D eigenvalue weighted by atomic mass is 35.5. The fraction of sp³-hybridized carbons (Fsp3) is 0.269. The van der Waals surface area contributed by atoms with Crippen LogP contribution in [0, 0.1) is 0 Å². The predicted molar refractivity (Wildman–Crippen MR) is 131 cm³/mol. The fourth-order valence-corrected chi connectivity index (χ4v) is 4.89. The van der Waals surface area contributed by atoms with Crippen molar-refractivity contribution < 1.29 is 0 Å². The summed E-state index contributed by atoms with van der Waals surface area (Å²) in [7, 11) is 0. The molecule has 2 aromatic heterocycles. The molecule has 0 atom stereocenters. The Morgan fingerprint density at radius 1 is 0.774 bits per heavy atom. The minimum absolute atomic E-state index is 0.726. The lowest BCUT2D eigenvalue weighted by Crippen LogP contribution is -2.32. The number of halogens is 2. The highest BCUT2D eigenvalue weighted by molar-refractivity contribution is 6.31. The third-order valence-electron chi connectivity index (χ3n) is 6.16. The Bertz CT molecular complexity index is 1210. The fourth-order valence-electron chi connectivity index (χ4n) is 4.53. The van der Waals surface area contributed by atoms with E-state index in [4.69, 9.17) is 23.2 Å². The van der Waals surface area contributed by atoms with Crippen LogP contribution < -0.4 is 0 Å². The molecule has 1 saturated heterocycles. The summed E-state index contributed by atoms with van der Waals surface area (Å²) in [6.45, 7) is 4.47. The zero-order valence-electron chi connectivity index (χ0n) is 17.4. The highest BCUT2D eigenvalue weighted by Crippen LogP contribution is 2.34. The Labute approximate surface area is 193 Å². The Kier molecular flexibility index (Phi) is 5.99. The molecule has 3 nitrogen and oxygen atoms in total. The molecule has 4 aromatic rings. The second-order valence-corrected chi connectivity index (χ2v) is 9.15. The van der Waals surface area contributed by atoms with E-state index < -0.39 is 0 Å². The van der Waals surface area contributed by atoms with Gasteiger partial charge in [0.25, 0.3) is 0 Å². The van der Waals surface area contributed by atoms with Crippen molar-refractivity contribution >= 4 is 34.1 Å². The number of hydrogen-bond acceptors (Lipinski definition) is 2. The SMILES string of the molecule is Clc1cccc(-c2cncc(-c3cn(CCN4CCCCC4)c4ccc(Cl)cc34)c2)c1. The molecule has 158 valence electrons. The average Bonchev–Trinajstić information content (AvgIpc) is 3.16. The topological polar surface area (TPSA) is 21.1 Å². The van der Waals surface area contributed by atoms with Gasteiger partial charge in [-0.2, -0.15) is 0 Å². The zero-order valence-corrected chi connectivity index (χ0v) is 18.9. The summed E-state index contributed by atoms with van der Waals surface area (Å²) in [5, 5.41) is 2.64. The summed E-state index contributed by atoms with van der Waals surface area (Å²) in [6, 6.07) is 16.2. The van der Waals surface area contributed by atoms with E-state index in [-0.39, 0.29) is 0 Å². The molecule has 31 heavy (non-hydrogen) atoms. The second-order valence-electron chi connectivity index (χ2n) is 8.27. The Balaban J connectivity index is 1.52. The first-order chi connectivity index (χ1) is 15.2. The first-order valence-electron chi connectivity index (χ1n) is 10.9. The van der Waals surface area contributed by atoms with Gasteiger partial charge in [-0.1, -0.05) is 41.8 Å². The van der Waals surface area contributed by atoms with Gasteiger partial charge in [-0.05, 0) is 67.9 Å². The Hall–Kier alpha value is -2.33. The van der Waals surface area contributed by atoms with Gasteiger partial charge in [-0.25, -0.2) is 0 Å². The van der Waals surface area contributed by atoms with Gasteiger partial charge >= 0.3 is 0 Å². The molecule has 5 heteroatoms. The van der Waals surface area contributed by atoms with E-state index in [9.17, 15) is 0 Å². The Morgan fingerprint density at radius 3 is 2.42 bits per heavy atom. The number of rotatable bonds is 5. The van der Waals surface area contributed by atoms with Crippen LogP contribution in [0.2, 0.25) is 10.0 Å². The molecule has 0 aliphatic carbocycles. The summed E-state index contributed by atoms with van der Waals surface area (Å²) < 4.78 is 2.36. The largest absolute Gasteiger partial charge is 0.346 e. The van der Waals surface area contributed by atoms with Crippen LogP contribution in [-0.2, 0) is 6.54 Å². The molecule has 0 radical (unpaired) electrons. The summed E-state index contributed by atoms with van der Waals surface area (Å²) in [4.78, 5) is 7.11. The maximum atomic E-state index is 6.38. The predicted octanol–water partition coefficient (Wildman–Crippen LogP) is 7.16. The third-order valence-corrected chi connectivity index (χ3v) is 6.63. The first kappa shape index (κ1) is 20.6. The van der Waals surface area contributed by atoms with Gasteiger partial charge in [0.1, 0.15) is 0 Å². The molecule has 0 bridgehead atoms. The number of likely N-dealkylation sites (tertiary alicyclic amines) is 1. The maximum Gasteiger partial charge on any atom is 0.0488 e. The van der Waals surface area contributed by atoms with Gasteiger partial charge < -0.3 is 9.47 Å². The van der Waals surface area contributed by atoms with Crippen LogP contribution in [0.15, 0.2) is 67.1 Å². The number of fused-ring (bicyclic) bond motifs is 1. The molecule has 5 rings (SSSR count). The summed E-state index contributed by atoms with van der Waals surface area (Å²) >= 11 is 12.6. The van der Waals surface area contributed by atoms with Crippen LogP contribution in [0.4, 0.5) is 0 Å². The van der Waals surface area contributed by atoms with Crippen LogP contribution in [0.5, 0.6) is 0 Å².